The molecule has 0 atom stereocenters. The summed E-state index contributed by atoms with van der Waals surface area (Å²) in [5.74, 6) is 0.715. The van der Waals surface area contributed by atoms with E-state index in [2.05, 4.69) is 20.3 Å². The van der Waals surface area contributed by atoms with E-state index in [1.54, 1.807) is 42.7 Å². The summed E-state index contributed by atoms with van der Waals surface area (Å²) in [4.78, 5) is 11.8. The van der Waals surface area contributed by atoms with Gasteiger partial charge in [-0.15, -0.1) is 0 Å². The Morgan fingerprint density at radius 3 is 2.43 bits per heavy atom. The van der Waals surface area contributed by atoms with Gasteiger partial charge >= 0.3 is 6.18 Å². The van der Waals surface area contributed by atoms with Crippen LogP contribution in [0.25, 0.3) is 11.3 Å². The number of anilines is 1. The largest absolute Gasteiger partial charge is 0.493 e. The van der Waals surface area contributed by atoms with Crippen molar-refractivity contribution in [2.75, 3.05) is 19.5 Å². The molecule has 9 heteroatoms. The molecule has 0 unspecified atom stereocenters. The molecule has 1 N–H and O–H groups in total. The number of hydrogen-bond donors (Lipinski definition) is 1. The first kappa shape index (κ1) is 19.4. The van der Waals surface area contributed by atoms with Crippen molar-refractivity contribution >= 4 is 5.95 Å². The maximum atomic E-state index is 13.3. The van der Waals surface area contributed by atoms with E-state index >= 15 is 0 Å². The fourth-order valence-corrected chi connectivity index (χ4v) is 2.50. The van der Waals surface area contributed by atoms with Crippen molar-refractivity contribution in [2.24, 2.45) is 0 Å². The van der Waals surface area contributed by atoms with Crippen LogP contribution in [-0.4, -0.2) is 29.2 Å². The summed E-state index contributed by atoms with van der Waals surface area (Å²) in [6.07, 6.45) is -1.39. The van der Waals surface area contributed by atoms with Gasteiger partial charge in [0.1, 0.15) is 0 Å². The number of hydrogen-bond acceptors (Lipinski definition) is 6. The van der Waals surface area contributed by atoms with Gasteiger partial charge in [0.2, 0.25) is 5.95 Å². The van der Waals surface area contributed by atoms with Gasteiger partial charge in [0.25, 0.3) is 0 Å². The first-order chi connectivity index (χ1) is 13.4. The zero-order chi connectivity index (χ0) is 20.1. The minimum atomic E-state index is -4.61. The Morgan fingerprint density at radius 2 is 1.79 bits per heavy atom. The molecule has 3 rings (SSSR count). The summed E-state index contributed by atoms with van der Waals surface area (Å²) in [6, 6.07) is 9.20. The first-order valence-electron chi connectivity index (χ1n) is 8.22. The van der Waals surface area contributed by atoms with Crippen LogP contribution in [-0.2, 0) is 12.7 Å². The van der Waals surface area contributed by atoms with Gasteiger partial charge in [-0.2, -0.15) is 13.2 Å². The third-order valence-corrected chi connectivity index (χ3v) is 3.87. The van der Waals surface area contributed by atoms with Crippen molar-refractivity contribution in [3.05, 3.63) is 60.0 Å². The molecule has 0 amide bonds. The minimum absolute atomic E-state index is 0.108. The number of benzene rings is 1. The molecular weight excluding hydrogens is 373 g/mol. The molecule has 0 aliphatic rings. The topological polar surface area (TPSA) is 69.2 Å². The van der Waals surface area contributed by atoms with Gasteiger partial charge in [-0.1, -0.05) is 6.07 Å². The van der Waals surface area contributed by atoms with E-state index in [-0.39, 0.29) is 18.2 Å². The number of ether oxygens (including phenoxy) is 2. The van der Waals surface area contributed by atoms with E-state index in [0.29, 0.717) is 17.1 Å². The normalized spacial score (nSPS) is 11.2. The number of pyridine rings is 1. The van der Waals surface area contributed by atoms with Crippen LogP contribution in [0.4, 0.5) is 19.1 Å². The Balaban J connectivity index is 1.98. The molecule has 6 nitrogen and oxygen atoms in total. The summed E-state index contributed by atoms with van der Waals surface area (Å²) >= 11 is 0. The van der Waals surface area contributed by atoms with E-state index < -0.39 is 11.9 Å². The van der Waals surface area contributed by atoms with Crippen LogP contribution < -0.4 is 14.8 Å². The molecule has 2 aromatic heterocycles. The predicted octanol–water partition coefficient (Wildman–Crippen LogP) is 4.19. The molecular formula is C19H17F3N4O2. The van der Waals surface area contributed by atoms with Crippen LogP contribution in [0.15, 0.2) is 48.8 Å². The number of nitrogens with zero attached hydrogens (tertiary/aromatic N) is 3. The SMILES string of the molecule is COc1ccc(-c2cc(C(F)(F)F)nc(NCc3cccnc3)n2)cc1OC. The molecule has 0 radical (unpaired) electrons. The summed E-state index contributed by atoms with van der Waals surface area (Å²) < 4.78 is 50.3. The maximum absolute atomic E-state index is 13.3. The monoisotopic (exact) mass is 390 g/mol. The van der Waals surface area contributed by atoms with Crippen LogP contribution >= 0.6 is 0 Å². The van der Waals surface area contributed by atoms with Crippen molar-refractivity contribution in [2.45, 2.75) is 12.7 Å². The summed E-state index contributed by atoms with van der Waals surface area (Å²) in [6.45, 7) is 0.237. The Kier molecular flexibility index (Phi) is 5.62. The summed E-state index contributed by atoms with van der Waals surface area (Å²) in [7, 11) is 2.92. The standard InChI is InChI=1S/C19H17F3N4O2/c1-27-15-6-5-13(8-16(15)28-2)14-9-17(19(20,21)22)26-18(25-14)24-11-12-4-3-7-23-10-12/h3-10H,11H2,1-2H3,(H,24,25,26). The Labute approximate surface area is 159 Å². The number of alkyl halides is 3. The van der Waals surface area contributed by atoms with Crippen LogP contribution in [0, 0.1) is 0 Å². The highest BCUT2D eigenvalue weighted by atomic mass is 19.4. The molecule has 0 aliphatic heterocycles. The predicted molar refractivity (Wildman–Crippen MR) is 97.1 cm³/mol. The summed E-state index contributed by atoms with van der Waals surface area (Å²) in [5.41, 5.74) is 0.295. The average molecular weight is 390 g/mol. The fraction of sp³-hybridized carbons (Fsp3) is 0.211. The lowest BCUT2D eigenvalue weighted by Crippen LogP contribution is -2.12. The Hall–Kier alpha value is -3.36. The van der Waals surface area contributed by atoms with Gasteiger partial charge in [0.15, 0.2) is 17.2 Å². The molecule has 0 fully saturated rings. The van der Waals surface area contributed by atoms with Crippen LogP contribution in [0.1, 0.15) is 11.3 Å². The number of halogens is 3. The zero-order valence-electron chi connectivity index (χ0n) is 15.1. The maximum Gasteiger partial charge on any atom is 0.433 e. The Morgan fingerprint density at radius 1 is 1.00 bits per heavy atom. The second kappa shape index (κ2) is 8.12. The van der Waals surface area contributed by atoms with Crippen LogP contribution in [0.5, 0.6) is 11.5 Å². The number of rotatable bonds is 6. The van der Waals surface area contributed by atoms with E-state index in [9.17, 15) is 13.2 Å². The van der Waals surface area contributed by atoms with Gasteiger partial charge in [0.05, 0.1) is 19.9 Å². The van der Waals surface area contributed by atoms with Crippen molar-refractivity contribution in [3.8, 4) is 22.8 Å². The summed E-state index contributed by atoms with van der Waals surface area (Å²) in [5, 5.41) is 2.82. The molecule has 0 bridgehead atoms. The van der Waals surface area contributed by atoms with Gasteiger partial charge in [-0.3, -0.25) is 4.98 Å². The second-order valence-corrected chi connectivity index (χ2v) is 5.74. The van der Waals surface area contributed by atoms with Gasteiger partial charge < -0.3 is 14.8 Å². The molecule has 2 heterocycles. The second-order valence-electron chi connectivity index (χ2n) is 5.74. The average Bonchev–Trinajstić information content (AvgIpc) is 2.71. The lowest BCUT2D eigenvalue weighted by Gasteiger charge is -2.13. The molecule has 3 aromatic rings. The van der Waals surface area contributed by atoms with E-state index in [1.807, 2.05) is 0 Å². The number of aromatic nitrogens is 3. The molecule has 0 aliphatic carbocycles. The number of methoxy groups -OCH3 is 2. The lowest BCUT2D eigenvalue weighted by molar-refractivity contribution is -0.141. The highest BCUT2D eigenvalue weighted by molar-refractivity contribution is 5.65. The Bertz CT molecular complexity index is 950. The van der Waals surface area contributed by atoms with Crippen molar-refractivity contribution in [1.82, 2.24) is 15.0 Å². The van der Waals surface area contributed by atoms with Crippen LogP contribution in [0.3, 0.4) is 0 Å². The molecule has 0 spiro atoms. The third-order valence-electron chi connectivity index (χ3n) is 3.87. The molecule has 0 saturated heterocycles. The van der Waals surface area contributed by atoms with Crippen LogP contribution in [0.2, 0.25) is 0 Å². The molecule has 146 valence electrons. The molecule has 0 saturated carbocycles. The quantitative estimate of drug-likeness (QED) is 0.681. The highest BCUT2D eigenvalue weighted by Gasteiger charge is 2.34. The zero-order valence-corrected chi connectivity index (χ0v) is 15.1. The van der Waals surface area contributed by atoms with E-state index in [0.717, 1.165) is 11.6 Å². The van der Waals surface area contributed by atoms with Crippen molar-refractivity contribution in [3.63, 3.8) is 0 Å². The lowest BCUT2D eigenvalue weighted by atomic mass is 10.1. The van der Waals surface area contributed by atoms with E-state index in [4.69, 9.17) is 9.47 Å². The minimum Gasteiger partial charge on any atom is -0.493 e. The van der Waals surface area contributed by atoms with E-state index in [1.165, 1.54) is 14.2 Å². The molecule has 1 aromatic carbocycles. The van der Waals surface area contributed by atoms with Crippen molar-refractivity contribution < 1.29 is 22.6 Å². The van der Waals surface area contributed by atoms with Gasteiger partial charge in [0, 0.05) is 24.5 Å². The first-order valence-corrected chi connectivity index (χ1v) is 8.22. The van der Waals surface area contributed by atoms with Crippen molar-refractivity contribution in [1.29, 1.82) is 0 Å². The van der Waals surface area contributed by atoms with Gasteiger partial charge in [-0.05, 0) is 35.9 Å². The smallest absolute Gasteiger partial charge is 0.433 e. The fourth-order valence-electron chi connectivity index (χ4n) is 2.50. The number of nitrogens with one attached hydrogen (secondary N) is 1. The van der Waals surface area contributed by atoms with Gasteiger partial charge in [-0.25, -0.2) is 9.97 Å². The molecule has 28 heavy (non-hydrogen) atoms. The highest BCUT2D eigenvalue weighted by Crippen LogP contribution is 2.34. The third kappa shape index (κ3) is 4.48.